The smallest absolute Gasteiger partial charge is 0.263 e. The summed E-state index contributed by atoms with van der Waals surface area (Å²) in [6, 6.07) is 23.8. The molecule has 3 aromatic heterocycles. The molecule has 0 unspecified atom stereocenters. The number of nitrogens with one attached hydrogen (secondary N) is 2. The van der Waals surface area contributed by atoms with Gasteiger partial charge in [0.15, 0.2) is 11.5 Å². The highest BCUT2D eigenvalue weighted by atomic mass is 32.1. The first-order chi connectivity index (χ1) is 20.5. The van der Waals surface area contributed by atoms with Crippen molar-refractivity contribution >= 4 is 44.1 Å². The van der Waals surface area contributed by atoms with Crippen molar-refractivity contribution in [3.63, 3.8) is 0 Å². The van der Waals surface area contributed by atoms with Gasteiger partial charge in [-0.3, -0.25) is 4.79 Å². The Labute approximate surface area is 247 Å². The number of nitrogens with two attached hydrogens (primary N) is 1. The molecule has 0 saturated heterocycles. The summed E-state index contributed by atoms with van der Waals surface area (Å²) in [5, 5.41) is 4.91. The van der Waals surface area contributed by atoms with Gasteiger partial charge < -0.3 is 30.2 Å². The fraction of sp³-hybridized carbons (Fsp3) is 0.152. The topological polar surface area (TPSA) is 111 Å². The second kappa shape index (κ2) is 11.5. The normalized spacial score (nSPS) is 11.1. The van der Waals surface area contributed by atoms with Crippen LogP contribution in [0.4, 0.5) is 5.69 Å². The quantitative estimate of drug-likeness (QED) is 0.176. The van der Waals surface area contributed by atoms with Crippen LogP contribution in [0.15, 0.2) is 79.0 Å². The summed E-state index contributed by atoms with van der Waals surface area (Å²) >= 11 is 1.29. The monoisotopic (exact) mass is 578 g/mol. The van der Waals surface area contributed by atoms with E-state index in [1.165, 1.54) is 11.3 Å². The Morgan fingerprint density at radius 2 is 1.64 bits per heavy atom. The lowest BCUT2D eigenvalue weighted by Crippen LogP contribution is -2.25. The van der Waals surface area contributed by atoms with Crippen molar-refractivity contribution in [2.75, 3.05) is 33.6 Å². The summed E-state index contributed by atoms with van der Waals surface area (Å²) in [5.74, 6) is 1.29. The third-order valence-electron chi connectivity index (χ3n) is 7.31. The number of nitrogens with zero attached hydrogens (tertiary/aromatic N) is 1. The van der Waals surface area contributed by atoms with E-state index in [4.69, 9.17) is 24.9 Å². The van der Waals surface area contributed by atoms with Crippen molar-refractivity contribution in [1.29, 1.82) is 0 Å². The molecule has 0 fully saturated rings. The summed E-state index contributed by atoms with van der Waals surface area (Å²) < 4.78 is 16.8. The highest BCUT2D eigenvalue weighted by Crippen LogP contribution is 2.46. The summed E-state index contributed by atoms with van der Waals surface area (Å²) in [4.78, 5) is 22.8. The van der Waals surface area contributed by atoms with Crippen LogP contribution in [0.3, 0.4) is 0 Å². The summed E-state index contributed by atoms with van der Waals surface area (Å²) in [5.41, 5.74) is 12.6. The molecule has 212 valence electrons. The minimum absolute atomic E-state index is 0.229. The van der Waals surface area contributed by atoms with E-state index in [1.807, 2.05) is 72.9 Å². The Morgan fingerprint density at radius 3 is 2.36 bits per heavy atom. The Hall–Kier alpha value is -5.02. The third kappa shape index (κ3) is 4.88. The van der Waals surface area contributed by atoms with Crippen LogP contribution < -0.4 is 25.3 Å². The zero-order chi connectivity index (χ0) is 29.2. The van der Waals surface area contributed by atoms with Crippen LogP contribution in [-0.4, -0.2) is 43.7 Å². The lowest BCUT2D eigenvalue weighted by atomic mass is 9.98. The van der Waals surface area contributed by atoms with Crippen molar-refractivity contribution in [1.82, 2.24) is 15.3 Å². The molecule has 6 rings (SSSR count). The molecule has 0 saturated carbocycles. The molecule has 0 radical (unpaired) electrons. The fourth-order valence-corrected chi connectivity index (χ4v) is 6.28. The van der Waals surface area contributed by atoms with E-state index in [0.717, 1.165) is 38.9 Å². The number of anilines is 1. The van der Waals surface area contributed by atoms with Gasteiger partial charge in [0.1, 0.15) is 9.71 Å². The highest BCUT2D eigenvalue weighted by molar-refractivity contribution is 7.21. The zero-order valence-electron chi connectivity index (χ0n) is 23.5. The molecule has 8 nitrogen and oxygen atoms in total. The summed E-state index contributed by atoms with van der Waals surface area (Å²) in [7, 11) is 4.73. The number of hydrogen-bond acceptors (Lipinski definition) is 7. The maximum absolute atomic E-state index is 13.4. The van der Waals surface area contributed by atoms with Crippen LogP contribution in [0.5, 0.6) is 17.2 Å². The van der Waals surface area contributed by atoms with Crippen LogP contribution in [-0.2, 0) is 6.42 Å². The van der Waals surface area contributed by atoms with E-state index in [9.17, 15) is 4.79 Å². The lowest BCUT2D eigenvalue weighted by molar-refractivity contribution is 0.0959. The minimum atomic E-state index is -0.229. The van der Waals surface area contributed by atoms with Crippen LogP contribution in [0.25, 0.3) is 43.5 Å². The highest BCUT2D eigenvalue weighted by Gasteiger charge is 2.23. The number of carbonyl (C=O) groups excluding carboxylic acids is 1. The van der Waals surface area contributed by atoms with Gasteiger partial charge in [0.25, 0.3) is 5.91 Å². The number of rotatable bonds is 9. The number of nitrogen functional groups attached to an aromatic ring is 1. The molecule has 42 heavy (non-hydrogen) atoms. The van der Waals surface area contributed by atoms with Gasteiger partial charge in [-0.05, 0) is 47.4 Å². The number of fused-ring (bicyclic) bond motifs is 2. The average molecular weight is 579 g/mol. The van der Waals surface area contributed by atoms with Crippen molar-refractivity contribution < 1.29 is 19.0 Å². The van der Waals surface area contributed by atoms with Gasteiger partial charge in [-0.15, -0.1) is 11.3 Å². The molecule has 0 bridgehead atoms. The van der Waals surface area contributed by atoms with Gasteiger partial charge in [-0.1, -0.05) is 48.5 Å². The Kier molecular flexibility index (Phi) is 7.41. The average Bonchev–Trinajstić information content (AvgIpc) is 3.60. The number of hydrogen-bond donors (Lipinski definition) is 3. The molecule has 3 heterocycles. The number of thiophene rings is 1. The SMILES string of the molecule is COc1cc(-c2cc(-c3ccccc3)nc3sc(C(=O)NCCc4c[nH]c5ccccc45)c(N)c23)cc(OC)c1OC. The molecule has 1 amide bonds. The molecule has 0 aliphatic carbocycles. The molecule has 4 N–H and O–H groups in total. The number of amides is 1. The minimum Gasteiger partial charge on any atom is -0.493 e. The molecule has 0 aliphatic heterocycles. The first kappa shape index (κ1) is 27.2. The molecular formula is C33H30N4O4S. The van der Waals surface area contributed by atoms with Gasteiger partial charge in [-0.25, -0.2) is 4.98 Å². The molecule has 6 aromatic rings. The molecule has 9 heteroatoms. The van der Waals surface area contributed by atoms with Gasteiger partial charge in [0.05, 0.1) is 32.7 Å². The Morgan fingerprint density at radius 1 is 0.929 bits per heavy atom. The maximum atomic E-state index is 13.4. The van der Waals surface area contributed by atoms with E-state index in [2.05, 4.69) is 16.4 Å². The largest absolute Gasteiger partial charge is 0.493 e. The number of ether oxygens (including phenoxy) is 3. The summed E-state index contributed by atoms with van der Waals surface area (Å²) in [6.07, 6.45) is 2.68. The van der Waals surface area contributed by atoms with Crippen molar-refractivity contribution in [3.8, 4) is 39.6 Å². The number of benzene rings is 3. The zero-order valence-corrected chi connectivity index (χ0v) is 24.3. The van der Waals surface area contributed by atoms with Gasteiger partial charge in [0, 0.05) is 34.6 Å². The van der Waals surface area contributed by atoms with Gasteiger partial charge in [-0.2, -0.15) is 0 Å². The van der Waals surface area contributed by atoms with E-state index < -0.39 is 0 Å². The first-order valence-electron chi connectivity index (χ1n) is 13.4. The van der Waals surface area contributed by atoms with Crippen LogP contribution in [0.2, 0.25) is 0 Å². The first-order valence-corrected chi connectivity index (χ1v) is 14.3. The maximum Gasteiger partial charge on any atom is 0.263 e. The van der Waals surface area contributed by atoms with Gasteiger partial charge in [0.2, 0.25) is 5.75 Å². The Bertz CT molecular complexity index is 1890. The second-order valence-corrected chi connectivity index (χ2v) is 10.7. The Balaban J connectivity index is 1.41. The van der Waals surface area contributed by atoms with E-state index >= 15 is 0 Å². The van der Waals surface area contributed by atoms with Crippen molar-refractivity contribution in [2.24, 2.45) is 0 Å². The number of para-hydroxylation sites is 1. The molecule has 0 spiro atoms. The van der Waals surface area contributed by atoms with Crippen LogP contribution in [0.1, 0.15) is 15.2 Å². The molecule has 0 atom stereocenters. The number of pyridine rings is 1. The lowest BCUT2D eigenvalue weighted by Gasteiger charge is -2.15. The van der Waals surface area contributed by atoms with E-state index in [1.54, 1.807) is 21.3 Å². The molecular weight excluding hydrogens is 548 g/mol. The predicted molar refractivity (Wildman–Crippen MR) is 169 cm³/mol. The van der Waals surface area contributed by atoms with E-state index in [0.29, 0.717) is 51.0 Å². The number of H-pyrrole nitrogens is 1. The van der Waals surface area contributed by atoms with Crippen LogP contribution >= 0.6 is 11.3 Å². The summed E-state index contributed by atoms with van der Waals surface area (Å²) in [6.45, 7) is 0.469. The molecule has 3 aromatic carbocycles. The molecule has 0 aliphatic rings. The number of aromatic nitrogens is 2. The third-order valence-corrected chi connectivity index (χ3v) is 8.40. The fourth-order valence-electron chi connectivity index (χ4n) is 5.24. The van der Waals surface area contributed by atoms with Gasteiger partial charge >= 0.3 is 0 Å². The van der Waals surface area contributed by atoms with E-state index in [-0.39, 0.29) is 5.91 Å². The number of carbonyl (C=O) groups is 1. The van der Waals surface area contributed by atoms with Crippen LogP contribution in [0, 0.1) is 0 Å². The number of methoxy groups -OCH3 is 3. The second-order valence-electron chi connectivity index (χ2n) is 9.73. The van der Waals surface area contributed by atoms with Crippen molar-refractivity contribution in [2.45, 2.75) is 6.42 Å². The predicted octanol–water partition coefficient (Wildman–Crippen LogP) is 6.69. The standard InChI is InChI=1S/C33H30N4O4S/c1-39-26-15-21(16-27(40-2)30(26)41-3)23-17-25(19-9-5-4-6-10-19)37-33-28(23)29(34)31(42-33)32(38)35-14-13-20-18-36-24-12-8-7-11-22(20)24/h4-12,15-18,36H,13-14,34H2,1-3H3,(H,35,38). The number of aromatic amines is 1. The van der Waals surface area contributed by atoms with Crippen molar-refractivity contribution in [3.05, 3.63) is 89.4 Å².